The van der Waals surface area contributed by atoms with Crippen LogP contribution in [0.5, 0.6) is 5.75 Å². The number of halogens is 1. The average molecular weight is 266 g/mol. The average Bonchev–Trinajstić information content (AvgIpc) is 2.36. The first-order chi connectivity index (χ1) is 8.70. The number of benzene rings is 1. The minimum atomic E-state index is -0.0539. The summed E-state index contributed by atoms with van der Waals surface area (Å²) in [5, 5.41) is 1.01. The second-order valence-corrected chi connectivity index (χ2v) is 4.65. The molecule has 3 nitrogen and oxygen atoms in total. The van der Waals surface area contributed by atoms with Gasteiger partial charge in [0.15, 0.2) is 0 Å². The van der Waals surface area contributed by atoms with Gasteiger partial charge in [-0.05, 0) is 43.4 Å². The van der Waals surface area contributed by atoms with Crippen LogP contribution in [0.1, 0.15) is 18.4 Å². The molecule has 0 saturated carbocycles. The molecule has 96 valence electrons. The number of fused-ring (bicyclic) bond motifs is 1. The summed E-state index contributed by atoms with van der Waals surface area (Å²) < 4.78 is 5.61. The number of aryl methyl sites for hydroxylation is 1. The molecule has 0 amide bonds. The number of rotatable bonds is 5. The Morgan fingerprint density at radius 3 is 2.89 bits per heavy atom. The minimum absolute atomic E-state index is 0.0539. The third-order valence-corrected chi connectivity index (χ3v) is 3.07. The maximum absolute atomic E-state index is 11.5. The number of pyridine rings is 1. The summed E-state index contributed by atoms with van der Waals surface area (Å²) in [5.41, 5.74) is 1.47. The first-order valence-corrected chi connectivity index (χ1v) is 6.56. The van der Waals surface area contributed by atoms with Crippen molar-refractivity contribution in [2.75, 3.05) is 12.5 Å². The van der Waals surface area contributed by atoms with E-state index in [-0.39, 0.29) is 5.56 Å². The fourth-order valence-electron chi connectivity index (χ4n) is 1.77. The molecule has 18 heavy (non-hydrogen) atoms. The molecule has 0 aliphatic heterocycles. The summed E-state index contributed by atoms with van der Waals surface area (Å²) in [6, 6.07) is 7.61. The van der Waals surface area contributed by atoms with E-state index in [1.165, 1.54) is 0 Å². The zero-order valence-electron chi connectivity index (χ0n) is 10.3. The van der Waals surface area contributed by atoms with Gasteiger partial charge in [0.25, 0.3) is 5.56 Å². The standard InChI is InChI=1S/C14H16ClNO2/c1-10-8-11-4-5-12(18-7-3-2-6-15)9-13(11)16-14(10)17/h4-5,8-9H,2-3,6-7H2,1H3,(H,16,17). The number of H-pyrrole nitrogens is 1. The van der Waals surface area contributed by atoms with Crippen molar-refractivity contribution in [3.05, 3.63) is 40.2 Å². The largest absolute Gasteiger partial charge is 0.494 e. The highest BCUT2D eigenvalue weighted by atomic mass is 35.5. The van der Waals surface area contributed by atoms with Crippen LogP contribution in [0.4, 0.5) is 0 Å². The Balaban J connectivity index is 2.17. The number of nitrogens with one attached hydrogen (secondary N) is 1. The van der Waals surface area contributed by atoms with Gasteiger partial charge in [0.05, 0.1) is 12.1 Å². The predicted molar refractivity (Wildman–Crippen MR) is 74.8 cm³/mol. The Morgan fingerprint density at radius 2 is 2.11 bits per heavy atom. The van der Waals surface area contributed by atoms with Crippen molar-refractivity contribution >= 4 is 22.5 Å². The second-order valence-electron chi connectivity index (χ2n) is 4.28. The molecule has 0 aliphatic carbocycles. The summed E-state index contributed by atoms with van der Waals surface area (Å²) in [7, 11) is 0. The summed E-state index contributed by atoms with van der Waals surface area (Å²) in [6.07, 6.45) is 1.89. The molecule has 1 aromatic heterocycles. The zero-order chi connectivity index (χ0) is 13.0. The molecule has 2 aromatic rings. The van der Waals surface area contributed by atoms with Crippen LogP contribution < -0.4 is 10.3 Å². The summed E-state index contributed by atoms with van der Waals surface area (Å²) in [6.45, 7) is 2.45. The first-order valence-electron chi connectivity index (χ1n) is 6.03. The third kappa shape index (κ3) is 3.05. The number of aromatic nitrogens is 1. The van der Waals surface area contributed by atoms with Crippen molar-refractivity contribution in [3.63, 3.8) is 0 Å². The molecular formula is C14H16ClNO2. The van der Waals surface area contributed by atoms with Crippen LogP contribution in [0.15, 0.2) is 29.1 Å². The van der Waals surface area contributed by atoms with Gasteiger partial charge < -0.3 is 9.72 Å². The topological polar surface area (TPSA) is 42.1 Å². The van der Waals surface area contributed by atoms with Gasteiger partial charge in [0.1, 0.15) is 5.75 Å². The molecule has 0 saturated heterocycles. The van der Waals surface area contributed by atoms with Gasteiger partial charge in [-0.15, -0.1) is 11.6 Å². The maximum Gasteiger partial charge on any atom is 0.251 e. The highest BCUT2D eigenvalue weighted by Gasteiger charge is 2.01. The summed E-state index contributed by atoms with van der Waals surface area (Å²) in [5.74, 6) is 1.44. The highest BCUT2D eigenvalue weighted by Crippen LogP contribution is 2.19. The fraction of sp³-hybridized carbons (Fsp3) is 0.357. The number of unbranched alkanes of at least 4 members (excludes halogenated alkanes) is 1. The Labute approximate surface area is 111 Å². The number of alkyl halides is 1. The summed E-state index contributed by atoms with van der Waals surface area (Å²) >= 11 is 5.60. The molecule has 0 unspecified atom stereocenters. The quantitative estimate of drug-likeness (QED) is 0.666. The van der Waals surface area contributed by atoms with Crippen LogP contribution in [0, 0.1) is 6.92 Å². The molecule has 0 bridgehead atoms. The Bertz CT molecular complexity index is 592. The van der Waals surface area contributed by atoms with Gasteiger partial charge >= 0.3 is 0 Å². The van der Waals surface area contributed by atoms with E-state index in [0.717, 1.165) is 35.1 Å². The van der Waals surface area contributed by atoms with Gasteiger partial charge in [0.2, 0.25) is 0 Å². The molecule has 0 atom stereocenters. The number of aromatic amines is 1. The van der Waals surface area contributed by atoms with Crippen molar-refractivity contribution < 1.29 is 4.74 Å². The van der Waals surface area contributed by atoms with Crippen LogP contribution in [-0.4, -0.2) is 17.5 Å². The van der Waals surface area contributed by atoms with Crippen molar-refractivity contribution in [2.24, 2.45) is 0 Å². The van der Waals surface area contributed by atoms with E-state index in [0.29, 0.717) is 12.5 Å². The van der Waals surface area contributed by atoms with Gasteiger partial charge in [-0.3, -0.25) is 4.79 Å². The number of hydrogen-bond donors (Lipinski definition) is 1. The Morgan fingerprint density at radius 1 is 1.28 bits per heavy atom. The van der Waals surface area contributed by atoms with Gasteiger partial charge in [0, 0.05) is 17.5 Å². The van der Waals surface area contributed by atoms with Crippen molar-refractivity contribution in [1.29, 1.82) is 0 Å². The lowest BCUT2D eigenvalue weighted by Gasteiger charge is -2.07. The number of hydrogen-bond acceptors (Lipinski definition) is 2. The lowest BCUT2D eigenvalue weighted by molar-refractivity contribution is 0.310. The molecule has 0 radical (unpaired) electrons. The molecular weight excluding hydrogens is 250 g/mol. The lowest BCUT2D eigenvalue weighted by atomic mass is 10.1. The normalized spacial score (nSPS) is 10.8. The smallest absolute Gasteiger partial charge is 0.251 e. The minimum Gasteiger partial charge on any atom is -0.494 e. The van der Waals surface area contributed by atoms with E-state index in [1.54, 1.807) is 6.92 Å². The molecule has 2 rings (SSSR count). The van der Waals surface area contributed by atoms with E-state index < -0.39 is 0 Å². The van der Waals surface area contributed by atoms with Gasteiger partial charge in [-0.1, -0.05) is 0 Å². The van der Waals surface area contributed by atoms with Crippen LogP contribution >= 0.6 is 11.6 Å². The molecule has 0 aliphatic rings. The highest BCUT2D eigenvalue weighted by molar-refractivity contribution is 6.17. The zero-order valence-corrected chi connectivity index (χ0v) is 11.1. The van der Waals surface area contributed by atoms with Gasteiger partial charge in [-0.25, -0.2) is 0 Å². The fourth-order valence-corrected chi connectivity index (χ4v) is 1.95. The van der Waals surface area contributed by atoms with E-state index in [9.17, 15) is 4.79 Å². The molecule has 4 heteroatoms. The molecule has 1 heterocycles. The van der Waals surface area contributed by atoms with E-state index >= 15 is 0 Å². The van der Waals surface area contributed by atoms with E-state index in [2.05, 4.69) is 4.98 Å². The Kier molecular flexibility index (Phi) is 4.26. The number of ether oxygens (including phenoxy) is 1. The maximum atomic E-state index is 11.5. The van der Waals surface area contributed by atoms with Crippen molar-refractivity contribution in [1.82, 2.24) is 4.98 Å². The molecule has 0 fully saturated rings. The van der Waals surface area contributed by atoms with Crippen LogP contribution in [0.25, 0.3) is 10.9 Å². The molecule has 0 spiro atoms. The van der Waals surface area contributed by atoms with Crippen molar-refractivity contribution in [3.8, 4) is 5.75 Å². The van der Waals surface area contributed by atoms with Crippen LogP contribution in [0.2, 0.25) is 0 Å². The monoisotopic (exact) mass is 265 g/mol. The first kappa shape index (κ1) is 13.0. The third-order valence-electron chi connectivity index (χ3n) is 2.80. The van der Waals surface area contributed by atoms with E-state index in [4.69, 9.17) is 16.3 Å². The molecule has 1 aromatic carbocycles. The Hall–Kier alpha value is -1.48. The lowest BCUT2D eigenvalue weighted by Crippen LogP contribution is -2.08. The second kappa shape index (κ2) is 5.91. The predicted octanol–water partition coefficient (Wildman–Crippen LogP) is 3.23. The summed E-state index contributed by atoms with van der Waals surface area (Å²) in [4.78, 5) is 14.4. The van der Waals surface area contributed by atoms with Crippen LogP contribution in [-0.2, 0) is 0 Å². The molecule has 1 N–H and O–H groups in total. The SMILES string of the molecule is Cc1cc2ccc(OCCCCCl)cc2[nH]c1=O. The van der Waals surface area contributed by atoms with Crippen LogP contribution in [0.3, 0.4) is 0 Å². The van der Waals surface area contributed by atoms with E-state index in [1.807, 2.05) is 24.3 Å². The van der Waals surface area contributed by atoms with Gasteiger partial charge in [-0.2, -0.15) is 0 Å². The van der Waals surface area contributed by atoms with Crippen molar-refractivity contribution in [2.45, 2.75) is 19.8 Å².